The molecular formula is C16H33N. The van der Waals surface area contributed by atoms with Gasteiger partial charge in [0.1, 0.15) is 0 Å². The highest BCUT2D eigenvalue weighted by Crippen LogP contribution is 2.24. The van der Waals surface area contributed by atoms with Crippen LogP contribution in [-0.4, -0.2) is 11.6 Å². The Kier molecular flexibility index (Phi) is 7.08. The molecule has 17 heavy (non-hydrogen) atoms. The quantitative estimate of drug-likeness (QED) is 0.609. The third-order valence-electron chi connectivity index (χ3n) is 4.37. The van der Waals surface area contributed by atoms with E-state index in [9.17, 15) is 0 Å². The number of hydrogen-bond acceptors (Lipinski definition) is 1. The van der Waals surface area contributed by atoms with E-state index in [2.05, 4.69) is 60.4 Å². The van der Waals surface area contributed by atoms with Gasteiger partial charge in [-0.15, -0.1) is 6.58 Å². The van der Waals surface area contributed by atoms with E-state index >= 15 is 0 Å². The van der Waals surface area contributed by atoms with Crippen LogP contribution in [0.4, 0.5) is 0 Å². The molecule has 1 nitrogen and oxygen atoms in total. The third kappa shape index (κ3) is 5.72. The molecule has 0 aliphatic heterocycles. The van der Waals surface area contributed by atoms with Gasteiger partial charge in [-0.3, -0.25) is 0 Å². The average Bonchev–Trinajstić information content (AvgIpc) is 2.22. The monoisotopic (exact) mass is 239 g/mol. The second-order valence-electron chi connectivity index (χ2n) is 6.60. The molecule has 102 valence electrons. The summed E-state index contributed by atoms with van der Waals surface area (Å²) in [6.45, 7) is 20.0. The summed E-state index contributed by atoms with van der Waals surface area (Å²) in [5, 5.41) is 3.86. The smallest absolute Gasteiger partial charge is 0.0150 e. The molecule has 0 radical (unpaired) electrons. The highest BCUT2D eigenvalue weighted by atomic mass is 15.0. The molecule has 0 aromatic carbocycles. The number of nitrogens with one attached hydrogen (secondary N) is 1. The molecular weight excluding hydrogens is 206 g/mol. The number of allylic oxidation sites excluding steroid dienone is 1. The molecule has 0 saturated carbocycles. The number of hydrogen-bond donors (Lipinski definition) is 1. The molecule has 1 heteroatoms. The molecule has 0 heterocycles. The maximum atomic E-state index is 3.86. The molecule has 0 spiro atoms. The second kappa shape index (κ2) is 7.20. The normalized spacial score (nSPS) is 16.3. The first-order valence-corrected chi connectivity index (χ1v) is 7.11. The molecule has 0 aliphatic rings. The molecule has 0 fully saturated rings. The van der Waals surface area contributed by atoms with Crippen LogP contribution in [0, 0.1) is 17.8 Å². The van der Waals surface area contributed by atoms with Crippen molar-refractivity contribution in [3.8, 4) is 0 Å². The van der Waals surface area contributed by atoms with Gasteiger partial charge in [0, 0.05) is 11.6 Å². The first-order valence-electron chi connectivity index (χ1n) is 7.11. The van der Waals surface area contributed by atoms with Gasteiger partial charge >= 0.3 is 0 Å². The molecule has 2 unspecified atom stereocenters. The largest absolute Gasteiger partial charge is 0.309 e. The van der Waals surface area contributed by atoms with Crippen LogP contribution in [0.1, 0.15) is 61.3 Å². The lowest BCUT2D eigenvalue weighted by Crippen LogP contribution is -2.52. The van der Waals surface area contributed by atoms with Gasteiger partial charge in [-0.05, 0) is 44.4 Å². The summed E-state index contributed by atoms with van der Waals surface area (Å²) in [6, 6.07) is 0.588. The molecule has 0 aliphatic carbocycles. The zero-order valence-corrected chi connectivity index (χ0v) is 13.0. The lowest BCUT2D eigenvalue weighted by atomic mass is 9.83. The predicted molar refractivity (Wildman–Crippen MR) is 79.3 cm³/mol. The van der Waals surface area contributed by atoms with Crippen molar-refractivity contribution in [2.75, 3.05) is 0 Å². The van der Waals surface area contributed by atoms with Gasteiger partial charge in [-0.25, -0.2) is 0 Å². The molecule has 2 atom stereocenters. The second-order valence-corrected chi connectivity index (χ2v) is 6.60. The SMILES string of the molecule is C=CCCC(NC(C)(C)C(C)C)C(C)C(C)C. The van der Waals surface area contributed by atoms with Crippen LogP contribution < -0.4 is 5.32 Å². The first kappa shape index (κ1) is 16.7. The minimum atomic E-state index is 0.203. The summed E-state index contributed by atoms with van der Waals surface area (Å²) in [7, 11) is 0. The Bertz CT molecular complexity index is 216. The fourth-order valence-electron chi connectivity index (χ4n) is 1.87. The van der Waals surface area contributed by atoms with E-state index in [-0.39, 0.29) is 5.54 Å². The Labute approximate surface area is 109 Å². The van der Waals surface area contributed by atoms with Crippen molar-refractivity contribution in [2.45, 2.75) is 72.9 Å². The van der Waals surface area contributed by atoms with Crippen LogP contribution in [0.25, 0.3) is 0 Å². The van der Waals surface area contributed by atoms with Gasteiger partial charge in [0.05, 0.1) is 0 Å². The van der Waals surface area contributed by atoms with E-state index in [1.165, 1.54) is 6.42 Å². The average molecular weight is 239 g/mol. The van der Waals surface area contributed by atoms with E-state index in [1.807, 2.05) is 6.08 Å². The minimum absolute atomic E-state index is 0.203. The van der Waals surface area contributed by atoms with E-state index in [1.54, 1.807) is 0 Å². The van der Waals surface area contributed by atoms with Crippen molar-refractivity contribution in [3.63, 3.8) is 0 Å². The van der Waals surface area contributed by atoms with Gasteiger partial charge in [0.25, 0.3) is 0 Å². The summed E-state index contributed by atoms with van der Waals surface area (Å²) in [5.41, 5.74) is 0.203. The van der Waals surface area contributed by atoms with Gasteiger partial charge in [0.15, 0.2) is 0 Å². The van der Waals surface area contributed by atoms with Crippen LogP contribution in [0.2, 0.25) is 0 Å². The van der Waals surface area contributed by atoms with Crippen LogP contribution in [-0.2, 0) is 0 Å². The Morgan fingerprint density at radius 3 is 2.00 bits per heavy atom. The van der Waals surface area contributed by atoms with Crippen molar-refractivity contribution < 1.29 is 0 Å². The van der Waals surface area contributed by atoms with Crippen LogP contribution in [0.5, 0.6) is 0 Å². The molecule has 1 N–H and O–H groups in total. The summed E-state index contributed by atoms with van der Waals surface area (Å²) >= 11 is 0. The Balaban J connectivity index is 4.63. The summed E-state index contributed by atoms with van der Waals surface area (Å²) in [4.78, 5) is 0. The fraction of sp³-hybridized carbons (Fsp3) is 0.875. The Morgan fingerprint density at radius 1 is 1.12 bits per heavy atom. The summed E-state index contributed by atoms with van der Waals surface area (Å²) in [5.74, 6) is 2.07. The van der Waals surface area contributed by atoms with Crippen LogP contribution in [0.15, 0.2) is 12.7 Å². The van der Waals surface area contributed by atoms with Gasteiger partial charge in [-0.2, -0.15) is 0 Å². The molecule has 0 saturated heterocycles. The molecule has 0 rings (SSSR count). The van der Waals surface area contributed by atoms with Crippen molar-refractivity contribution in [1.29, 1.82) is 0 Å². The maximum Gasteiger partial charge on any atom is 0.0150 e. The van der Waals surface area contributed by atoms with E-state index in [4.69, 9.17) is 0 Å². The summed E-state index contributed by atoms with van der Waals surface area (Å²) < 4.78 is 0. The molecule has 0 amide bonds. The van der Waals surface area contributed by atoms with Crippen molar-refractivity contribution >= 4 is 0 Å². The Morgan fingerprint density at radius 2 is 1.65 bits per heavy atom. The third-order valence-corrected chi connectivity index (χ3v) is 4.37. The van der Waals surface area contributed by atoms with E-state index < -0.39 is 0 Å². The zero-order valence-electron chi connectivity index (χ0n) is 13.0. The highest BCUT2D eigenvalue weighted by Gasteiger charge is 2.28. The standard InChI is InChI=1S/C16H33N/c1-9-10-11-15(14(6)12(2)3)17-16(7,8)13(4)5/h9,12-15,17H,1,10-11H2,2-8H3. The van der Waals surface area contributed by atoms with Gasteiger partial charge in [-0.1, -0.05) is 40.7 Å². The highest BCUT2D eigenvalue weighted by molar-refractivity contribution is 4.89. The van der Waals surface area contributed by atoms with E-state index in [0.717, 1.165) is 12.3 Å². The minimum Gasteiger partial charge on any atom is -0.309 e. The first-order chi connectivity index (χ1) is 7.72. The fourth-order valence-corrected chi connectivity index (χ4v) is 1.87. The lowest BCUT2D eigenvalue weighted by Gasteiger charge is -2.39. The maximum absolute atomic E-state index is 3.86. The van der Waals surface area contributed by atoms with Crippen LogP contribution in [0.3, 0.4) is 0 Å². The molecule has 0 bridgehead atoms. The Hall–Kier alpha value is -0.300. The van der Waals surface area contributed by atoms with Crippen molar-refractivity contribution in [3.05, 3.63) is 12.7 Å². The summed E-state index contributed by atoms with van der Waals surface area (Å²) in [6.07, 6.45) is 4.33. The van der Waals surface area contributed by atoms with Crippen LogP contribution >= 0.6 is 0 Å². The van der Waals surface area contributed by atoms with Gasteiger partial charge in [0.2, 0.25) is 0 Å². The van der Waals surface area contributed by atoms with Gasteiger partial charge < -0.3 is 5.32 Å². The number of rotatable bonds is 8. The topological polar surface area (TPSA) is 12.0 Å². The molecule has 0 aromatic rings. The lowest BCUT2D eigenvalue weighted by molar-refractivity contribution is 0.191. The molecule has 0 aromatic heterocycles. The van der Waals surface area contributed by atoms with Crippen molar-refractivity contribution in [2.24, 2.45) is 17.8 Å². The van der Waals surface area contributed by atoms with E-state index in [0.29, 0.717) is 17.9 Å². The predicted octanol–water partition coefficient (Wildman–Crippen LogP) is 4.64. The zero-order chi connectivity index (χ0) is 13.6. The van der Waals surface area contributed by atoms with Crippen molar-refractivity contribution in [1.82, 2.24) is 5.32 Å².